The first-order valence-corrected chi connectivity index (χ1v) is 11.6. The van der Waals surface area contributed by atoms with Crippen LogP contribution in [0.1, 0.15) is 44.0 Å². The average molecular weight is 487 g/mol. The summed E-state index contributed by atoms with van der Waals surface area (Å²) in [6.45, 7) is 0.126. The van der Waals surface area contributed by atoms with Gasteiger partial charge in [0.15, 0.2) is 6.29 Å². The fourth-order valence-electron chi connectivity index (χ4n) is 5.15. The Morgan fingerprint density at radius 2 is 1.83 bits per heavy atom. The number of carbonyl (C=O) groups is 2. The quantitative estimate of drug-likeness (QED) is 0.413. The largest absolute Gasteiger partial charge is 0.497 e. The number of fused-ring (bicyclic) bond motifs is 4. The third kappa shape index (κ3) is 3.75. The van der Waals surface area contributed by atoms with Crippen LogP contribution >= 0.6 is 0 Å². The van der Waals surface area contributed by atoms with Crippen LogP contribution in [-0.2, 0) is 26.4 Å². The molecule has 184 valence electrons. The first-order valence-electron chi connectivity index (χ1n) is 11.6. The lowest BCUT2D eigenvalue weighted by molar-refractivity contribution is 0.0694. The maximum absolute atomic E-state index is 13.6. The number of nitrogens with zero attached hydrogens (tertiary/aromatic N) is 2. The van der Waals surface area contributed by atoms with Crippen LogP contribution in [0.25, 0.3) is 22.2 Å². The predicted octanol–water partition coefficient (Wildman–Crippen LogP) is 4.07. The fourth-order valence-corrected chi connectivity index (χ4v) is 5.15. The number of hydrogen-bond acceptors (Lipinski definition) is 5. The molecule has 1 N–H and O–H groups in total. The minimum Gasteiger partial charge on any atom is -0.497 e. The second kappa shape index (κ2) is 9.03. The molecule has 0 saturated carbocycles. The standard InChI is InChI=1S/C28H26N2O6/c1-29-20(15-31)9-19-11-22-16(12-24(19)29)5-4-6-17-10-23(28(33)34)27(32)30(26(17)22)14-18-7-8-21(35-2)13-25(18)36-3/h7-13,15H,4-6,14H2,1-3H3,(H,33,34). The lowest BCUT2D eigenvalue weighted by Gasteiger charge is -2.20. The van der Waals surface area contributed by atoms with Gasteiger partial charge in [-0.25, -0.2) is 4.79 Å². The molecule has 0 unspecified atom stereocenters. The van der Waals surface area contributed by atoms with E-state index in [1.165, 1.54) is 6.07 Å². The smallest absolute Gasteiger partial charge is 0.341 e. The molecule has 0 atom stereocenters. The van der Waals surface area contributed by atoms with Crippen molar-refractivity contribution in [3.63, 3.8) is 0 Å². The summed E-state index contributed by atoms with van der Waals surface area (Å²) in [5.74, 6) is -0.0978. The Hall–Kier alpha value is -4.33. The number of carboxylic acid groups (broad SMARTS) is 1. The summed E-state index contributed by atoms with van der Waals surface area (Å²) in [7, 11) is 4.96. The van der Waals surface area contributed by atoms with E-state index in [4.69, 9.17) is 9.47 Å². The van der Waals surface area contributed by atoms with Gasteiger partial charge in [0, 0.05) is 35.1 Å². The third-order valence-corrected chi connectivity index (χ3v) is 6.99. The molecule has 2 aromatic carbocycles. The van der Waals surface area contributed by atoms with E-state index in [1.807, 2.05) is 29.8 Å². The van der Waals surface area contributed by atoms with Gasteiger partial charge in [0.2, 0.25) is 0 Å². The third-order valence-electron chi connectivity index (χ3n) is 6.99. The summed E-state index contributed by atoms with van der Waals surface area (Å²) in [5, 5.41) is 10.7. The Bertz CT molecular complexity index is 1590. The van der Waals surface area contributed by atoms with Gasteiger partial charge in [-0.2, -0.15) is 0 Å². The topological polar surface area (TPSA) is 99.8 Å². The molecule has 0 radical (unpaired) electrons. The van der Waals surface area contributed by atoms with Crippen LogP contribution in [0.15, 0.2) is 47.3 Å². The molecule has 0 fully saturated rings. The summed E-state index contributed by atoms with van der Waals surface area (Å²) < 4.78 is 14.3. The van der Waals surface area contributed by atoms with Crippen molar-refractivity contribution in [3.05, 3.63) is 80.8 Å². The maximum atomic E-state index is 13.6. The monoisotopic (exact) mass is 486 g/mol. The molecule has 0 aliphatic heterocycles. The van der Waals surface area contributed by atoms with Gasteiger partial charge >= 0.3 is 5.97 Å². The summed E-state index contributed by atoms with van der Waals surface area (Å²) in [6, 6.07) is 12.8. The van der Waals surface area contributed by atoms with Crippen molar-refractivity contribution in [1.29, 1.82) is 0 Å². The van der Waals surface area contributed by atoms with E-state index in [0.29, 0.717) is 29.3 Å². The number of carboxylic acids is 1. The lowest BCUT2D eigenvalue weighted by atomic mass is 9.97. The Labute approximate surface area is 207 Å². The van der Waals surface area contributed by atoms with Crippen molar-refractivity contribution in [2.75, 3.05) is 14.2 Å². The highest BCUT2D eigenvalue weighted by molar-refractivity contribution is 5.94. The highest BCUT2D eigenvalue weighted by Gasteiger charge is 2.25. The Balaban J connectivity index is 1.80. The summed E-state index contributed by atoms with van der Waals surface area (Å²) >= 11 is 0. The summed E-state index contributed by atoms with van der Waals surface area (Å²) in [4.78, 5) is 37.1. The Morgan fingerprint density at radius 1 is 1.06 bits per heavy atom. The predicted molar refractivity (Wildman–Crippen MR) is 136 cm³/mol. The zero-order valence-electron chi connectivity index (χ0n) is 20.3. The minimum absolute atomic E-state index is 0.126. The molecule has 8 heteroatoms. The molecule has 8 nitrogen and oxygen atoms in total. The molecule has 1 aliphatic carbocycles. The molecular weight excluding hydrogens is 460 g/mol. The van der Waals surface area contributed by atoms with E-state index >= 15 is 0 Å². The second-order valence-electron chi connectivity index (χ2n) is 8.97. The Morgan fingerprint density at radius 3 is 2.53 bits per heavy atom. The molecular formula is C28H26N2O6. The van der Waals surface area contributed by atoms with E-state index in [9.17, 15) is 19.5 Å². The van der Waals surface area contributed by atoms with E-state index in [1.54, 1.807) is 30.9 Å². The number of rotatable bonds is 6. The average Bonchev–Trinajstić information content (AvgIpc) is 3.07. The molecule has 0 amide bonds. The number of carbonyl (C=O) groups excluding carboxylic acids is 1. The number of methoxy groups -OCH3 is 2. The highest BCUT2D eigenvalue weighted by Crippen LogP contribution is 2.37. The molecule has 4 aromatic rings. The van der Waals surface area contributed by atoms with Crippen LogP contribution < -0.4 is 15.0 Å². The molecule has 2 heterocycles. The molecule has 0 spiro atoms. The van der Waals surface area contributed by atoms with E-state index in [2.05, 4.69) is 6.07 Å². The van der Waals surface area contributed by atoms with Gasteiger partial charge in [0.1, 0.15) is 17.1 Å². The van der Waals surface area contributed by atoms with Crippen molar-refractivity contribution in [2.24, 2.45) is 7.05 Å². The van der Waals surface area contributed by atoms with Gasteiger partial charge < -0.3 is 23.7 Å². The van der Waals surface area contributed by atoms with Gasteiger partial charge in [0.25, 0.3) is 5.56 Å². The van der Waals surface area contributed by atoms with Gasteiger partial charge in [-0.05, 0) is 66.8 Å². The number of hydrogen-bond donors (Lipinski definition) is 1. The van der Waals surface area contributed by atoms with Crippen LogP contribution in [0.3, 0.4) is 0 Å². The molecule has 5 rings (SSSR count). The first-order chi connectivity index (χ1) is 17.4. The normalized spacial score (nSPS) is 12.5. The van der Waals surface area contributed by atoms with Gasteiger partial charge in [-0.3, -0.25) is 9.59 Å². The zero-order chi connectivity index (χ0) is 25.6. The van der Waals surface area contributed by atoms with Crippen LogP contribution in [-0.4, -0.2) is 40.7 Å². The van der Waals surface area contributed by atoms with Crippen LogP contribution in [0.4, 0.5) is 0 Å². The molecule has 1 aliphatic rings. The van der Waals surface area contributed by atoms with Gasteiger partial charge in [0.05, 0.1) is 32.2 Å². The molecule has 36 heavy (non-hydrogen) atoms. The second-order valence-corrected chi connectivity index (χ2v) is 8.97. The first kappa shape index (κ1) is 23.4. The molecule has 0 saturated heterocycles. The minimum atomic E-state index is -1.25. The van der Waals surface area contributed by atoms with Gasteiger partial charge in [-0.15, -0.1) is 0 Å². The number of aldehydes is 1. The van der Waals surface area contributed by atoms with Gasteiger partial charge in [-0.1, -0.05) is 0 Å². The summed E-state index contributed by atoms with van der Waals surface area (Å²) in [5.41, 5.74) is 4.83. The SMILES string of the molecule is COc1ccc(Cn2c3c(cc(C(=O)O)c2=O)CCCc2cc4c(cc2-3)cc(C=O)n4C)c(OC)c1. The Kier molecular flexibility index (Phi) is 5.88. The van der Waals surface area contributed by atoms with Crippen LogP contribution in [0.2, 0.25) is 0 Å². The number of aryl methyl sites for hydroxylation is 3. The van der Waals surface area contributed by atoms with E-state index < -0.39 is 11.5 Å². The van der Waals surface area contributed by atoms with Crippen molar-refractivity contribution >= 4 is 23.2 Å². The number of benzene rings is 2. The highest BCUT2D eigenvalue weighted by atomic mass is 16.5. The number of aromatic carboxylic acids is 1. The van der Waals surface area contributed by atoms with E-state index in [0.717, 1.165) is 52.3 Å². The number of ether oxygens (including phenoxy) is 2. The maximum Gasteiger partial charge on any atom is 0.341 e. The number of pyridine rings is 1. The van der Waals surface area contributed by atoms with Crippen molar-refractivity contribution in [2.45, 2.75) is 25.8 Å². The van der Waals surface area contributed by atoms with Crippen LogP contribution in [0.5, 0.6) is 11.5 Å². The summed E-state index contributed by atoms with van der Waals surface area (Å²) in [6.07, 6.45) is 3.04. The number of aromatic nitrogens is 2. The fraction of sp³-hybridized carbons (Fsp3) is 0.250. The van der Waals surface area contributed by atoms with Crippen molar-refractivity contribution in [3.8, 4) is 22.8 Å². The zero-order valence-corrected chi connectivity index (χ0v) is 20.3. The lowest BCUT2D eigenvalue weighted by Crippen LogP contribution is -2.29. The molecule has 2 aromatic heterocycles. The molecule has 0 bridgehead atoms. The van der Waals surface area contributed by atoms with Crippen molar-refractivity contribution < 1.29 is 24.2 Å². The van der Waals surface area contributed by atoms with Crippen LogP contribution in [0, 0.1) is 0 Å². The van der Waals surface area contributed by atoms with Crippen molar-refractivity contribution in [1.82, 2.24) is 9.13 Å². The van der Waals surface area contributed by atoms with E-state index in [-0.39, 0.29) is 12.1 Å².